The maximum absolute atomic E-state index is 12.1. The summed E-state index contributed by atoms with van der Waals surface area (Å²) in [5, 5.41) is 9.06. The van der Waals surface area contributed by atoms with Crippen molar-refractivity contribution in [2.45, 2.75) is 19.4 Å². The van der Waals surface area contributed by atoms with E-state index in [-0.39, 0.29) is 5.56 Å². The van der Waals surface area contributed by atoms with Gasteiger partial charge in [0, 0.05) is 17.4 Å². The minimum atomic E-state index is -0.0609. The van der Waals surface area contributed by atoms with Crippen molar-refractivity contribution in [3.63, 3.8) is 0 Å². The summed E-state index contributed by atoms with van der Waals surface area (Å²) in [4.78, 5) is 16.3. The van der Waals surface area contributed by atoms with Crippen LogP contribution in [0.5, 0.6) is 0 Å². The lowest BCUT2D eigenvalue weighted by molar-refractivity contribution is 0.626. The van der Waals surface area contributed by atoms with E-state index in [1.165, 1.54) is 6.33 Å². The van der Waals surface area contributed by atoms with E-state index in [0.717, 1.165) is 4.47 Å². The molecular formula is C12H10BrN3O. The molecule has 0 atom stereocenters. The molecule has 0 fully saturated rings. The van der Waals surface area contributed by atoms with E-state index < -0.39 is 0 Å². The zero-order chi connectivity index (χ0) is 12.3. The molecule has 0 aliphatic carbocycles. The maximum Gasteiger partial charge on any atom is 0.261 e. The Bertz CT molecular complexity index is 642. The van der Waals surface area contributed by atoms with Crippen LogP contribution in [0.3, 0.4) is 0 Å². The number of rotatable bonds is 3. The lowest BCUT2D eigenvalue weighted by atomic mass is 10.2. The smallest absolute Gasteiger partial charge is 0.261 e. The zero-order valence-electron chi connectivity index (χ0n) is 9.06. The second kappa shape index (κ2) is 5.11. The number of unbranched alkanes of at least 4 members (excludes halogenated alkanes) is 1. The van der Waals surface area contributed by atoms with E-state index in [1.807, 2.05) is 6.07 Å². The van der Waals surface area contributed by atoms with Crippen LogP contribution in [0.4, 0.5) is 0 Å². The van der Waals surface area contributed by atoms with Crippen LogP contribution in [0.15, 0.2) is 33.8 Å². The third-order valence-electron chi connectivity index (χ3n) is 2.47. The van der Waals surface area contributed by atoms with Crippen LogP contribution in [0.25, 0.3) is 10.9 Å². The van der Waals surface area contributed by atoms with Crippen LogP contribution in [0, 0.1) is 11.3 Å². The van der Waals surface area contributed by atoms with Gasteiger partial charge in [-0.05, 0) is 24.6 Å². The first kappa shape index (κ1) is 11.8. The third-order valence-corrected chi connectivity index (χ3v) is 2.97. The second-order valence-electron chi connectivity index (χ2n) is 3.67. The van der Waals surface area contributed by atoms with Crippen molar-refractivity contribution >= 4 is 26.8 Å². The third kappa shape index (κ3) is 2.53. The molecule has 0 radical (unpaired) electrons. The number of hydrogen-bond acceptors (Lipinski definition) is 3. The Morgan fingerprint density at radius 3 is 3.06 bits per heavy atom. The fraction of sp³-hybridized carbons (Fsp3) is 0.250. The number of aryl methyl sites for hydroxylation is 1. The molecule has 0 unspecified atom stereocenters. The fourth-order valence-corrected chi connectivity index (χ4v) is 1.98. The highest BCUT2D eigenvalue weighted by Crippen LogP contribution is 2.14. The van der Waals surface area contributed by atoms with Gasteiger partial charge >= 0.3 is 0 Å². The highest BCUT2D eigenvalue weighted by atomic mass is 79.9. The van der Waals surface area contributed by atoms with Crippen molar-refractivity contribution in [1.82, 2.24) is 9.55 Å². The van der Waals surface area contributed by atoms with Crippen molar-refractivity contribution in [3.05, 3.63) is 39.4 Å². The molecule has 0 bridgehead atoms. The fourth-order valence-electron chi connectivity index (χ4n) is 1.62. The summed E-state index contributed by atoms with van der Waals surface area (Å²) in [6.07, 6.45) is 2.65. The Balaban J connectivity index is 2.43. The van der Waals surface area contributed by atoms with Gasteiger partial charge in [-0.3, -0.25) is 9.36 Å². The number of halogens is 1. The molecule has 1 heterocycles. The van der Waals surface area contributed by atoms with Crippen LogP contribution >= 0.6 is 15.9 Å². The second-order valence-corrected chi connectivity index (χ2v) is 4.58. The van der Waals surface area contributed by atoms with Gasteiger partial charge in [0.05, 0.1) is 23.3 Å². The lowest BCUT2D eigenvalue weighted by Crippen LogP contribution is -2.20. The molecule has 2 rings (SSSR count). The molecule has 1 aromatic heterocycles. The van der Waals surface area contributed by atoms with Gasteiger partial charge < -0.3 is 0 Å². The minimum absolute atomic E-state index is 0.0609. The number of aromatic nitrogens is 2. The molecular weight excluding hydrogens is 282 g/mol. The summed E-state index contributed by atoms with van der Waals surface area (Å²) in [5.74, 6) is 0. The van der Waals surface area contributed by atoms with Gasteiger partial charge in [-0.15, -0.1) is 0 Å². The van der Waals surface area contributed by atoms with Gasteiger partial charge in [0.15, 0.2) is 0 Å². The molecule has 2 aromatic rings. The Kier molecular flexibility index (Phi) is 3.55. The van der Waals surface area contributed by atoms with Crippen LogP contribution in [-0.4, -0.2) is 9.55 Å². The normalized spacial score (nSPS) is 10.4. The van der Waals surface area contributed by atoms with E-state index in [9.17, 15) is 4.79 Å². The summed E-state index contributed by atoms with van der Waals surface area (Å²) in [6.45, 7) is 0.530. The number of benzene rings is 1. The minimum Gasteiger partial charge on any atom is -0.299 e. The van der Waals surface area contributed by atoms with Crippen molar-refractivity contribution in [3.8, 4) is 6.07 Å². The van der Waals surface area contributed by atoms with Crippen LogP contribution < -0.4 is 5.56 Å². The summed E-state index contributed by atoms with van der Waals surface area (Å²) in [5.41, 5.74) is 0.629. The van der Waals surface area contributed by atoms with Crippen LogP contribution in [0.2, 0.25) is 0 Å². The first-order valence-corrected chi connectivity index (χ1v) is 6.03. The molecule has 1 aromatic carbocycles. The van der Waals surface area contributed by atoms with E-state index in [1.54, 1.807) is 16.7 Å². The molecule has 0 spiro atoms. The molecule has 17 heavy (non-hydrogen) atoms. The molecule has 0 aliphatic heterocycles. The quantitative estimate of drug-likeness (QED) is 0.816. The molecule has 0 aliphatic rings. The van der Waals surface area contributed by atoms with Crippen LogP contribution in [-0.2, 0) is 6.54 Å². The summed E-state index contributed by atoms with van der Waals surface area (Å²) < 4.78 is 2.41. The summed E-state index contributed by atoms with van der Waals surface area (Å²) in [6, 6.07) is 7.49. The standard InChI is InChI=1S/C12H10BrN3O/c13-9-3-4-11-10(7-9)12(17)16(8-15-11)6-2-1-5-14/h3-4,7-8H,1-2,6H2. The highest BCUT2D eigenvalue weighted by molar-refractivity contribution is 9.10. The van der Waals surface area contributed by atoms with Gasteiger partial charge in [-0.25, -0.2) is 4.98 Å². The predicted octanol–water partition coefficient (Wildman–Crippen LogP) is 2.46. The van der Waals surface area contributed by atoms with Gasteiger partial charge in [-0.2, -0.15) is 5.26 Å². The molecule has 5 heteroatoms. The van der Waals surface area contributed by atoms with E-state index in [4.69, 9.17) is 5.26 Å². The topological polar surface area (TPSA) is 58.7 Å². The van der Waals surface area contributed by atoms with Crippen molar-refractivity contribution in [2.24, 2.45) is 0 Å². The average molecular weight is 292 g/mol. The Hall–Kier alpha value is -1.67. The summed E-state index contributed by atoms with van der Waals surface area (Å²) in [7, 11) is 0. The number of nitriles is 1. The first-order chi connectivity index (χ1) is 8.22. The molecule has 4 nitrogen and oxygen atoms in total. The first-order valence-electron chi connectivity index (χ1n) is 5.24. The molecule has 0 amide bonds. The van der Waals surface area contributed by atoms with Crippen molar-refractivity contribution in [1.29, 1.82) is 5.26 Å². The maximum atomic E-state index is 12.1. The number of nitrogens with zero attached hydrogens (tertiary/aromatic N) is 3. The highest BCUT2D eigenvalue weighted by Gasteiger charge is 2.04. The van der Waals surface area contributed by atoms with Crippen molar-refractivity contribution in [2.75, 3.05) is 0 Å². The largest absolute Gasteiger partial charge is 0.299 e. The zero-order valence-corrected chi connectivity index (χ0v) is 10.6. The van der Waals surface area contributed by atoms with E-state index >= 15 is 0 Å². The predicted molar refractivity (Wildman–Crippen MR) is 68.6 cm³/mol. The monoisotopic (exact) mass is 291 g/mol. The van der Waals surface area contributed by atoms with E-state index in [2.05, 4.69) is 27.0 Å². The molecule has 0 N–H and O–H groups in total. The summed E-state index contributed by atoms with van der Waals surface area (Å²) >= 11 is 3.34. The molecule has 0 saturated carbocycles. The lowest BCUT2D eigenvalue weighted by Gasteiger charge is -2.05. The number of hydrogen-bond donors (Lipinski definition) is 0. The Morgan fingerprint density at radius 1 is 1.47 bits per heavy atom. The van der Waals surface area contributed by atoms with E-state index in [0.29, 0.717) is 30.3 Å². The van der Waals surface area contributed by atoms with Gasteiger partial charge in [0.1, 0.15) is 0 Å². The molecule has 86 valence electrons. The number of fused-ring (bicyclic) bond motifs is 1. The van der Waals surface area contributed by atoms with Gasteiger partial charge in [0.2, 0.25) is 0 Å². The van der Waals surface area contributed by atoms with Gasteiger partial charge in [-0.1, -0.05) is 15.9 Å². The van der Waals surface area contributed by atoms with Crippen LogP contribution in [0.1, 0.15) is 12.8 Å². The Labute approximate surface area is 107 Å². The van der Waals surface area contributed by atoms with Gasteiger partial charge in [0.25, 0.3) is 5.56 Å². The molecule has 0 saturated heterocycles. The SMILES string of the molecule is N#CCCCn1cnc2ccc(Br)cc2c1=O. The Morgan fingerprint density at radius 2 is 2.29 bits per heavy atom. The van der Waals surface area contributed by atoms with Crippen molar-refractivity contribution < 1.29 is 0 Å². The average Bonchev–Trinajstić information content (AvgIpc) is 2.33.